The predicted molar refractivity (Wildman–Crippen MR) is 77.6 cm³/mol. The third-order valence-electron chi connectivity index (χ3n) is 2.64. The van der Waals surface area contributed by atoms with Gasteiger partial charge in [0.1, 0.15) is 11.5 Å². The van der Waals surface area contributed by atoms with E-state index in [1.165, 1.54) is 14.0 Å². The number of methoxy groups -OCH3 is 1. The van der Waals surface area contributed by atoms with Crippen molar-refractivity contribution >= 4 is 11.9 Å². The molecule has 0 atom stereocenters. The molecule has 0 radical (unpaired) electrons. The molecule has 5 nitrogen and oxygen atoms in total. The molecule has 1 rings (SSSR count). The summed E-state index contributed by atoms with van der Waals surface area (Å²) >= 11 is 0. The van der Waals surface area contributed by atoms with Gasteiger partial charge in [0.25, 0.3) is 0 Å². The first-order valence-corrected chi connectivity index (χ1v) is 6.38. The van der Waals surface area contributed by atoms with E-state index in [9.17, 15) is 9.59 Å². The lowest BCUT2D eigenvalue weighted by Gasteiger charge is -2.11. The quantitative estimate of drug-likeness (QED) is 0.439. The minimum atomic E-state index is -0.632. The summed E-state index contributed by atoms with van der Waals surface area (Å²) in [4.78, 5) is 22.8. The van der Waals surface area contributed by atoms with Gasteiger partial charge < -0.3 is 14.2 Å². The normalized spacial score (nSPS) is 11.1. The van der Waals surface area contributed by atoms with Gasteiger partial charge in [0, 0.05) is 12.5 Å². The van der Waals surface area contributed by atoms with Crippen LogP contribution in [-0.2, 0) is 19.1 Å². The van der Waals surface area contributed by atoms with E-state index in [4.69, 9.17) is 9.47 Å². The highest BCUT2D eigenvalue weighted by molar-refractivity contribution is 5.89. The van der Waals surface area contributed by atoms with Gasteiger partial charge in [0.05, 0.1) is 19.3 Å². The van der Waals surface area contributed by atoms with Gasteiger partial charge in [-0.3, -0.25) is 0 Å². The standard InChI is InChI=1S/C16H18O5/c1-4-15(17)21-14(12(2)16(18)19-3)10-11-20-13-8-6-5-7-9-13/h4-9H,1,10-11H2,2-3H3/b14-12-. The summed E-state index contributed by atoms with van der Waals surface area (Å²) in [5.74, 6) is -0.278. The zero-order valence-electron chi connectivity index (χ0n) is 12.1. The molecule has 1 aromatic rings. The Bertz CT molecular complexity index is 531. The first kappa shape index (κ1) is 16.5. The fourth-order valence-corrected chi connectivity index (χ4v) is 1.52. The van der Waals surface area contributed by atoms with Crippen LogP contribution in [0, 0.1) is 0 Å². The lowest BCUT2D eigenvalue weighted by molar-refractivity contribution is -0.137. The number of hydrogen-bond acceptors (Lipinski definition) is 5. The maximum absolute atomic E-state index is 11.5. The average Bonchev–Trinajstić information content (AvgIpc) is 2.53. The lowest BCUT2D eigenvalue weighted by atomic mass is 10.2. The molecule has 0 fully saturated rings. The number of esters is 2. The molecule has 0 unspecified atom stereocenters. The van der Waals surface area contributed by atoms with E-state index >= 15 is 0 Å². The number of carbonyl (C=O) groups is 2. The Labute approximate surface area is 123 Å². The van der Waals surface area contributed by atoms with E-state index < -0.39 is 11.9 Å². The summed E-state index contributed by atoms with van der Waals surface area (Å²) in [6, 6.07) is 9.21. The van der Waals surface area contributed by atoms with Gasteiger partial charge in [-0.15, -0.1) is 0 Å². The van der Waals surface area contributed by atoms with Gasteiger partial charge in [0.2, 0.25) is 0 Å². The minimum absolute atomic E-state index is 0.211. The van der Waals surface area contributed by atoms with Crippen LogP contribution in [0.15, 0.2) is 54.3 Å². The Kier molecular flexibility index (Phi) is 6.74. The van der Waals surface area contributed by atoms with Gasteiger partial charge in [-0.25, -0.2) is 9.59 Å². The predicted octanol–water partition coefficient (Wildman–Crippen LogP) is 2.63. The average molecular weight is 290 g/mol. The first-order valence-electron chi connectivity index (χ1n) is 6.38. The van der Waals surface area contributed by atoms with Crippen LogP contribution in [0.2, 0.25) is 0 Å². The molecule has 1 aromatic carbocycles. The van der Waals surface area contributed by atoms with E-state index in [1.807, 2.05) is 30.3 Å². The van der Waals surface area contributed by atoms with Crippen molar-refractivity contribution in [2.24, 2.45) is 0 Å². The summed E-state index contributed by atoms with van der Waals surface area (Å²) in [5.41, 5.74) is 0.226. The third-order valence-corrected chi connectivity index (χ3v) is 2.64. The molecule has 0 aliphatic carbocycles. The van der Waals surface area contributed by atoms with Gasteiger partial charge in [-0.2, -0.15) is 0 Å². The van der Waals surface area contributed by atoms with Gasteiger partial charge in [-0.05, 0) is 19.1 Å². The zero-order chi connectivity index (χ0) is 15.7. The maximum Gasteiger partial charge on any atom is 0.336 e. The Balaban J connectivity index is 2.71. The molecule has 0 saturated heterocycles. The molecule has 0 aliphatic heterocycles. The molecule has 0 saturated carbocycles. The smallest absolute Gasteiger partial charge is 0.336 e. The molecule has 0 spiro atoms. The molecule has 112 valence electrons. The summed E-state index contributed by atoms with van der Waals surface area (Å²) in [6.45, 7) is 5.11. The molecule has 0 aliphatic rings. The lowest BCUT2D eigenvalue weighted by Crippen LogP contribution is -2.12. The number of benzene rings is 1. The summed E-state index contributed by atoms with van der Waals surface area (Å²) < 4.78 is 15.2. The molecule has 0 N–H and O–H groups in total. The van der Waals surface area contributed by atoms with Crippen LogP contribution in [-0.4, -0.2) is 25.7 Å². The van der Waals surface area contributed by atoms with Crippen LogP contribution in [0.5, 0.6) is 5.75 Å². The number of carbonyl (C=O) groups excluding carboxylic acids is 2. The third kappa shape index (κ3) is 5.52. The van der Waals surface area contributed by atoms with Crippen molar-refractivity contribution in [2.75, 3.05) is 13.7 Å². The highest BCUT2D eigenvalue weighted by Gasteiger charge is 2.15. The second kappa shape index (κ2) is 8.58. The molecular formula is C16H18O5. The fraction of sp³-hybridized carbons (Fsp3) is 0.250. The minimum Gasteiger partial charge on any atom is -0.493 e. The Morgan fingerprint density at radius 3 is 2.48 bits per heavy atom. The van der Waals surface area contributed by atoms with Crippen molar-refractivity contribution in [1.29, 1.82) is 0 Å². The van der Waals surface area contributed by atoms with Crippen LogP contribution < -0.4 is 4.74 Å². The van der Waals surface area contributed by atoms with Gasteiger partial charge >= 0.3 is 11.9 Å². The van der Waals surface area contributed by atoms with Crippen LogP contribution in [0.25, 0.3) is 0 Å². The number of rotatable bonds is 7. The van der Waals surface area contributed by atoms with Crippen molar-refractivity contribution < 1.29 is 23.8 Å². The van der Waals surface area contributed by atoms with E-state index in [0.29, 0.717) is 5.75 Å². The van der Waals surface area contributed by atoms with Crippen molar-refractivity contribution in [3.05, 3.63) is 54.3 Å². The van der Waals surface area contributed by atoms with Gasteiger partial charge in [0.15, 0.2) is 0 Å². The fourth-order valence-electron chi connectivity index (χ4n) is 1.52. The molecule has 5 heteroatoms. The summed E-state index contributed by atoms with van der Waals surface area (Å²) in [6.07, 6.45) is 1.29. The van der Waals surface area contributed by atoms with Crippen LogP contribution in [0.4, 0.5) is 0 Å². The maximum atomic E-state index is 11.5. The van der Waals surface area contributed by atoms with Crippen LogP contribution in [0.1, 0.15) is 13.3 Å². The van der Waals surface area contributed by atoms with Crippen LogP contribution >= 0.6 is 0 Å². The molecule has 21 heavy (non-hydrogen) atoms. The Morgan fingerprint density at radius 1 is 1.24 bits per heavy atom. The van der Waals surface area contributed by atoms with Crippen molar-refractivity contribution in [3.8, 4) is 5.75 Å². The molecule has 0 aromatic heterocycles. The van der Waals surface area contributed by atoms with Crippen molar-refractivity contribution in [1.82, 2.24) is 0 Å². The van der Waals surface area contributed by atoms with E-state index in [0.717, 1.165) is 6.08 Å². The SMILES string of the molecule is C=CC(=O)O/C(CCOc1ccccc1)=C(/C)C(=O)OC. The first-order chi connectivity index (χ1) is 10.1. The second-order valence-electron chi connectivity index (χ2n) is 4.08. The highest BCUT2D eigenvalue weighted by atomic mass is 16.5. The largest absolute Gasteiger partial charge is 0.493 e. The van der Waals surface area contributed by atoms with Crippen molar-refractivity contribution in [3.63, 3.8) is 0 Å². The van der Waals surface area contributed by atoms with Gasteiger partial charge in [-0.1, -0.05) is 24.8 Å². The van der Waals surface area contributed by atoms with Crippen LogP contribution in [0.3, 0.4) is 0 Å². The summed E-state index contributed by atoms with van der Waals surface area (Å²) in [5, 5.41) is 0. The number of hydrogen-bond donors (Lipinski definition) is 0. The number of ether oxygens (including phenoxy) is 3. The Hall–Kier alpha value is -2.56. The highest BCUT2D eigenvalue weighted by Crippen LogP contribution is 2.15. The topological polar surface area (TPSA) is 61.8 Å². The number of para-hydroxylation sites is 1. The molecular weight excluding hydrogens is 272 g/mol. The van der Waals surface area contributed by atoms with E-state index in [-0.39, 0.29) is 24.4 Å². The zero-order valence-corrected chi connectivity index (χ0v) is 12.1. The Morgan fingerprint density at radius 2 is 1.90 bits per heavy atom. The van der Waals surface area contributed by atoms with E-state index in [2.05, 4.69) is 11.3 Å². The summed E-state index contributed by atoms with van der Waals surface area (Å²) in [7, 11) is 1.26. The van der Waals surface area contributed by atoms with E-state index in [1.54, 1.807) is 0 Å². The molecule has 0 heterocycles. The monoisotopic (exact) mass is 290 g/mol. The second-order valence-corrected chi connectivity index (χ2v) is 4.08. The molecule has 0 amide bonds. The van der Waals surface area contributed by atoms with Crippen molar-refractivity contribution in [2.45, 2.75) is 13.3 Å². The molecule has 0 bridgehead atoms.